The minimum Gasteiger partial charge on any atom is -0.394 e. The highest BCUT2D eigenvalue weighted by Gasteiger charge is 2.17. The van der Waals surface area contributed by atoms with Crippen molar-refractivity contribution in [2.45, 2.75) is 264 Å². The molecule has 4 heteroatoms. The Morgan fingerprint density at radius 2 is 0.652 bits per heavy atom. The average molecular weight is 953 g/mol. The molecule has 0 rings (SSSR count). The molecule has 0 saturated carbocycles. The molecular formula is C65H109NO3. The number of hydrogen-bond acceptors (Lipinski definition) is 3. The van der Waals surface area contributed by atoms with Crippen LogP contribution in [0.5, 0.6) is 0 Å². The van der Waals surface area contributed by atoms with Gasteiger partial charge in [-0.25, -0.2) is 0 Å². The summed E-state index contributed by atoms with van der Waals surface area (Å²) in [7, 11) is 0. The fraction of sp³-hybridized carbons (Fsp3) is 0.646. The molecule has 0 aliphatic rings. The number of allylic oxidation sites excluding steroid dienone is 21. The van der Waals surface area contributed by atoms with E-state index in [1.165, 1.54) is 141 Å². The zero-order valence-corrected chi connectivity index (χ0v) is 45.0. The molecule has 2 unspecified atom stereocenters. The first-order chi connectivity index (χ1) is 34.2. The summed E-state index contributed by atoms with van der Waals surface area (Å²) in [6, 6.07) is -0.654. The van der Waals surface area contributed by atoms with E-state index in [0.717, 1.165) is 89.9 Å². The molecule has 1 amide bonds. The maximum Gasteiger partial charge on any atom is 0.220 e. The van der Waals surface area contributed by atoms with Gasteiger partial charge in [-0.05, 0) is 109 Å². The van der Waals surface area contributed by atoms with Gasteiger partial charge >= 0.3 is 0 Å². The fourth-order valence-electron chi connectivity index (χ4n) is 7.99. The summed E-state index contributed by atoms with van der Waals surface area (Å²) >= 11 is 0. The number of amides is 1. The van der Waals surface area contributed by atoms with Gasteiger partial charge in [0.2, 0.25) is 5.91 Å². The lowest BCUT2D eigenvalue weighted by Crippen LogP contribution is -2.45. The molecular weight excluding hydrogens is 843 g/mol. The number of aliphatic hydroxyl groups excluding tert-OH is 2. The molecule has 392 valence electrons. The Kier molecular flexibility index (Phi) is 55.9. The van der Waals surface area contributed by atoms with Crippen molar-refractivity contribution in [3.05, 3.63) is 134 Å². The number of carbonyl (C=O) groups is 1. The second-order valence-corrected chi connectivity index (χ2v) is 19.0. The molecule has 0 aliphatic heterocycles. The van der Waals surface area contributed by atoms with Crippen LogP contribution in [0.2, 0.25) is 0 Å². The molecule has 2 atom stereocenters. The van der Waals surface area contributed by atoms with Gasteiger partial charge in [-0.1, -0.05) is 270 Å². The van der Waals surface area contributed by atoms with Crippen LogP contribution in [0.3, 0.4) is 0 Å². The fourth-order valence-corrected chi connectivity index (χ4v) is 7.99. The molecule has 0 aromatic rings. The third kappa shape index (κ3) is 55.3. The Balaban J connectivity index is 3.59. The topological polar surface area (TPSA) is 69.6 Å². The predicted octanol–water partition coefficient (Wildman–Crippen LogP) is 19.4. The van der Waals surface area contributed by atoms with Gasteiger partial charge in [-0.15, -0.1) is 0 Å². The molecule has 0 aromatic heterocycles. The summed E-state index contributed by atoms with van der Waals surface area (Å²) in [4.78, 5) is 12.5. The number of hydrogen-bond donors (Lipinski definition) is 3. The van der Waals surface area contributed by atoms with E-state index in [9.17, 15) is 15.0 Å². The minimum absolute atomic E-state index is 0.0829. The lowest BCUT2D eigenvalue weighted by Gasteiger charge is -2.19. The second kappa shape index (κ2) is 58.8. The molecule has 3 N–H and O–H groups in total. The first kappa shape index (κ1) is 65.5. The van der Waals surface area contributed by atoms with E-state index in [0.29, 0.717) is 6.42 Å². The maximum absolute atomic E-state index is 12.5. The Bertz CT molecular complexity index is 1400. The van der Waals surface area contributed by atoms with Crippen molar-refractivity contribution in [3.63, 3.8) is 0 Å². The predicted molar refractivity (Wildman–Crippen MR) is 308 cm³/mol. The smallest absolute Gasteiger partial charge is 0.220 e. The van der Waals surface area contributed by atoms with Crippen molar-refractivity contribution in [2.24, 2.45) is 0 Å². The van der Waals surface area contributed by atoms with Crippen molar-refractivity contribution in [1.29, 1.82) is 0 Å². The molecule has 69 heavy (non-hydrogen) atoms. The van der Waals surface area contributed by atoms with Crippen LogP contribution in [-0.2, 0) is 4.79 Å². The number of unbranched alkanes of at least 4 members (excludes halogenated alkanes) is 24. The Morgan fingerprint density at radius 1 is 0.362 bits per heavy atom. The molecule has 4 nitrogen and oxygen atoms in total. The SMILES string of the molecule is CC/C=C\C/C=C\C/C=C\C/C=C\C/C=C\C/C=C\C/C=C\C/C=C\CCCCCCCCCCCCCCCCC(=O)NC(CO)C(O)/C=C/CC/C=C/CC/C=C/CCCCCCCCCC. The Labute approximate surface area is 428 Å². The number of nitrogens with one attached hydrogen (secondary N) is 1. The normalized spacial score (nSPS) is 13.9. The molecule has 0 heterocycles. The van der Waals surface area contributed by atoms with Gasteiger partial charge < -0.3 is 15.5 Å². The monoisotopic (exact) mass is 952 g/mol. The van der Waals surface area contributed by atoms with Crippen LogP contribution >= 0.6 is 0 Å². The van der Waals surface area contributed by atoms with Crippen LogP contribution in [0.15, 0.2) is 134 Å². The number of carbonyl (C=O) groups excluding carboxylic acids is 1. The van der Waals surface area contributed by atoms with Crippen molar-refractivity contribution in [1.82, 2.24) is 5.32 Å². The summed E-state index contributed by atoms with van der Waals surface area (Å²) in [5.41, 5.74) is 0. The van der Waals surface area contributed by atoms with Gasteiger partial charge in [0.15, 0.2) is 0 Å². The van der Waals surface area contributed by atoms with Crippen molar-refractivity contribution in [2.75, 3.05) is 6.61 Å². The van der Waals surface area contributed by atoms with Gasteiger partial charge in [-0.3, -0.25) is 4.79 Å². The van der Waals surface area contributed by atoms with Gasteiger partial charge in [0.05, 0.1) is 18.8 Å². The summed E-state index contributed by atoms with van der Waals surface area (Å²) in [5.74, 6) is -0.0829. The van der Waals surface area contributed by atoms with Gasteiger partial charge in [-0.2, -0.15) is 0 Å². The van der Waals surface area contributed by atoms with Crippen molar-refractivity contribution >= 4 is 5.91 Å². The van der Waals surface area contributed by atoms with Crippen molar-refractivity contribution < 1.29 is 15.0 Å². The van der Waals surface area contributed by atoms with Gasteiger partial charge in [0, 0.05) is 6.42 Å². The van der Waals surface area contributed by atoms with Crippen LogP contribution in [0.4, 0.5) is 0 Å². The zero-order valence-electron chi connectivity index (χ0n) is 45.0. The standard InChI is InChI=1S/C65H109NO3/c1-3-5-7-9-11-13-15-17-19-21-23-24-25-26-27-28-29-30-31-32-33-34-35-36-37-38-39-40-41-42-43-45-47-49-51-53-55-57-59-61-65(69)66-63(62-67)64(68)60-58-56-54-52-50-48-46-44-22-20-18-16-14-12-10-8-6-4-2/h5,7,11,13,17,19,22-24,26-27,29-30,32-33,35-36,44,50,52,58,60,63-64,67-68H,3-4,6,8-10,12,14-16,18,20-21,25,28,31,34,37-43,45-49,51,53-57,59,61-62H2,1-2H3,(H,66,69)/b7-5-,13-11-,19-17-,24-23-,27-26-,30-29-,33-32-,36-35-,44-22+,52-50+,60-58+. The minimum atomic E-state index is -0.878. The molecule has 0 bridgehead atoms. The summed E-state index contributed by atoms with van der Waals surface area (Å²) in [5, 5.41) is 23.1. The highest BCUT2D eigenvalue weighted by atomic mass is 16.3. The van der Waals surface area contributed by atoms with Gasteiger partial charge in [0.1, 0.15) is 0 Å². The van der Waals surface area contributed by atoms with Crippen LogP contribution in [0.25, 0.3) is 0 Å². The molecule has 0 aromatic carbocycles. The first-order valence-electron chi connectivity index (χ1n) is 28.9. The van der Waals surface area contributed by atoms with Crippen LogP contribution in [0.1, 0.15) is 251 Å². The highest BCUT2D eigenvalue weighted by Crippen LogP contribution is 2.15. The van der Waals surface area contributed by atoms with Crippen LogP contribution in [0, 0.1) is 0 Å². The van der Waals surface area contributed by atoms with Crippen LogP contribution < -0.4 is 5.32 Å². The van der Waals surface area contributed by atoms with Crippen molar-refractivity contribution in [3.8, 4) is 0 Å². The maximum atomic E-state index is 12.5. The quantitative estimate of drug-likeness (QED) is 0.0420. The van der Waals surface area contributed by atoms with E-state index in [2.05, 4.69) is 141 Å². The molecule has 0 saturated heterocycles. The molecule has 0 radical (unpaired) electrons. The van der Waals surface area contributed by atoms with E-state index in [-0.39, 0.29) is 12.5 Å². The molecule has 0 aliphatic carbocycles. The second-order valence-electron chi connectivity index (χ2n) is 19.0. The van der Waals surface area contributed by atoms with Gasteiger partial charge in [0.25, 0.3) is 0 Å². The van der Waals surface area contributed by atoms with E-state index < -0.39 is 12.1 Å². The Hall–Kier alpha value is -3.47. The first-order valence-corrected chi connectivity index (χ1v) is 28.9. The van der Waals surface area contributed by atoms with Crippen LogP contribution in [-0.4, -0.2) is 34.9 Å². The van der Waals surface area contributed by atoms with E-state index in [4.69, 9.17) is 0 Å². The summed E-state index contributed by atoms with van der Waals surface area (Å²) in [6.07, 6.45) is 91.8. The zero-order chi connectivity index (χ0) is 49.9. The summed E-state index contributed by atoms with van der Waals surface area (Å²) < 4.78 is 0. The largest absolute Gasteiger partial charge is 0.394 e. The summed E-state index contributed by atoms with van der Waals surface area (Å²) in [6.45, 7) is 4.17. The third-order valence-corrected chi connectivity index (χ3v) is 12.3. The molecule has 0 fully saturated rings. The highest BCUT2D eigenvalue weighted by molar-refractivity contribution is 5.76. The lowest BCUT2D eigenvalue weighted by molar-refractivity contribution is -0.123. The number of rotatable bonds is 51. The van der Waals surface area contributed by atoms with E-state index >= 15 is 0 Å². The van der Waals surface area contributed by atoms with E-state index in [1.54, 1.807) is 6.08 Å². The average Bonchev–Trinajstić information content (AvgIpc) is 3.35. The lowest BCUT2D eigenvalue weighted by atomic mass is 10.0. The third-order valence-electron chi connectivity index (χ3n) is 12.3. The molecule has 0 spiro atoms. The Morgan fingerprint density at radius 3 is 1.01 bits per heavy atom. The van der Waals surface area contributed by atoms with E-state index in [1.807, 2.05) is 6.08 Å². The number of aliphatic hydroxyl groups is 2.